The van der Waals surface area contributed by atoms with Crippen molar-refractivity contribution in [2.24, 2.45) is 23.7 Å². The van der Waals surface area contributed by atoms with Crippen molar-refractivity contribution in [1.82, 2.24) is 0 Å². The van der Waals surface area contributed by atoms with Gasteiger partial charge in [0.05, 0.1) is 5.41 Å². The van der Waals surface area contributed by atoms with E-state index >= 15 is 0 Å². The first-order chi connectivity index (χ1) is 25.7. The molecule has 0 saturated heterocycles. The first-order valence-electron chi connectivity index (χ1n) is 19.5. The molecule has 1 aliphatic heterocycles. The third kappa shape index (κ3) is 3.21. The van der Waals surface area contributed by atoms with Crippen molar-refractivity contribution in [1.29, 1.82) is 0 Å². The SMILES string of the molecule is c1ccc2c(c1)Oc1ccc(-c3cccc4c3-c3ccccc3C43c4ccccc4-c4c3ccc3ccccc43)cc1C21C2CC3CC(C2)CC1C3. The van der Waals surface area contributed by atoms with Crippen LogP contribution in [0.5, 0.6) is 11.5 Å². The first kappa shape index (κ1) is 28.2. The van der Waals surface area contributed by atoms with Crippen LogP contribution in [0, 0.1) is 23.7 Å². The van der Waals surface area contributed by atoms with Gasteiger partial charge in [-0.2, -0.15) is 0 Å². The van der Waals surface area contributed by atoms with E-state index in [2.05, 4.69) is 146 Å². The molecule has 1 atom stereocenters. The van der Waals surface area contributed by atoms with E-state index < -0.39 is 0 Å². The number of hydrogen-bond donors (Lipinski definition) is 0. The summed E-state index contributed by atoms with van der Waals surface area (Å²) in [4.78, 5) is 0. The lowest BCUT2D eigenvalue weighted by Crippen LogP contribution is -2.56. The monoisotopic (exact) mass is 666 g/mol. The molecule has 4 saturated carbocycles. The van der Waals surface area contributed by atoms with E-state index in [9.17, 15) is 0 Å². The molecular formula is C51H38O. The smallest absolute Gasteiger partial charge is 0.131 e. The minimum absolute atomic E-state index is 0.0229. The van der Waals surface area contributed by atoms with E-state index in [0.717, 1.165) is 23.3 Å². The lowest BCUT2D eigenvalue weighted by Gasteiger charge is -2.63. The van der Waals surface area contributed by atoms with E-state index in [1.165, 1.54) is 110 Å². The lowest BCUT2D eigenvalue weighted by atomic mass is 9.41. The van der Waals surface area contributed by atoms with Crippen LogP contribution in [0.2, 0.25) is 0 Å². The molecule has 52 heavy (non-hydrogen) atoms. The molecule has 7 aromatic rings. The highest BCUT2D eigenvalue weighted by Crippen LogP contribution is 2.70. The van der Waals surface area contributed by atoms with Gasteiger partial charge in [0.1, 0.15) is 11.5 Å². The van der Waals surface area contributed by atoms with Crippen molar-refractivity contribution >= 4 is 10.8 Å². The van der Waals surface area contributed by atoms with Crippen molar-refractivity contribution in [2.75, 3.05) is 0 Å². The summed E-state index contributed by atoms with van der Waals surface area (Å²) >= 11 is 0. The zero-order valence-electron chi connectivity index (χ0n) is 29.1. The molecule has 0 radical (unpaired) electrons. The molecule has 1 heterocycles. The van der Waals surface area contributed by atoms with Crippen LogP contribution in [0.3, 0.4) is 0 Å². The summed E-state index contributed by atoms with van der Waals surface area (Å²) in [7, 11) is 0. The molecule has 6 aliphatic carbocycles. The zero-order chi connectivity index (χ0) is 33.8. The summed E-state index contributed by atoms with van der Waals surface area (Å²) in [5, 5.41) is 2.63. The Balaban J connectivity index is 1.08. The Morgan fingerprint density at radius 1 is 0.423 bits per heavy atom. The number of hydrogen-bond acceptors (Lipinski definition) is 1. The van der Waals surface area contributed by atoms with Crippen LogP contribution in [-0.4, -0.2) is 0 Å². The predicted octanol–water partition coefficient (Wildman–Crippen LogP) is 12.7. The van der Waals surface area contributed by atoms with Crippen LogP contribution in [0.15, 0.2) is 146 Å². The fourth-order valence-corrected chi connectivity index (χ4v) is 13.3. The Hall–Kier alpha value is -5.40. The van der Waals surface area contributed by atoms with Crippen LogP contribution >= 0.6 is 0 Å². The van der Waals surface area contributed by atoms with E-state index in [0.29, 0.717) is 11.8 Å². The molecule has 1 unspecified atom stereocenters. The van der Waals surface area contributed by atoms with E-state index in [1.54, 1.807) is 0 Å². The molecule has 0 amide bonds. The Kier molecular flexibility index (Phi) is 5.27. The van der Waals surface area contributed by atoms with Crippen LogP contribution in [-0.2, 0) is 10.8 Å². The van der Waals surface area contributed by atoms with Crippen LogP contribution < -0.4 is 4.74 Å². The molecule has 4 bridgehead atoms. The third-order valence-electron chi connectivity index (χ3n) is 14.7. The second-order valence-electron chi connectivity index (χ2n) is 16.8. The predicted molar refractivity (Wildman–Crippen MR) is 210 cm³/mol. The first-order valence-corrected chi connectivity index (χ1v) is 19.5. The lowest BCUT2D eigenvalue weighted by molar-refractivity contribution is -0.0452. The largest absolute Gasteiger partial charge is 0.457 e. The molecule has 1 heteroatoms. The zero-order valence-corrected chi connectivity index (χ0v) is 29.1. The molecule has 0 aromatic heterocycles. The number of ether oxygens (including phenoxy) is 1. The Morgan fingerprint density at radius 2 is 1.02 bits per heavy atom. The second kappa shape index (κ2) is 9.72. The summed E-state index contributed by atoms with van der Waals surface area (Å²) in [6, 6.07) is 55.6. The van der Waals surface area contributed by atoms with Gasteiger partial charge in [0.15, 0.2) is 0 Å². The molecule has 4 fully saturated rings. The standard InChI is InChI=1S/C51H38O/c1-2-11-36-32(10-1)20-22-44-48(36)38-12-3-5-15-40(38)51(44)41-16-6-4-13-39(41)49-37(14-9-18-43(49)51)33-21-23-47-45(29-33)50(42-17-7-8-19-46(42)52-47)34-25-30-24-31(27-34)28-35(50)26-30/h1-23,29-31,34-35H,24-28H2. The van der Waals surface area contributed by atoms with Gasteiger partial charge < -0.3 is 4.74 Å². The van der Waals surface area contributed by atoms with Gasteiger partial charge >= 0.3 is 0 Å². The van der Waals surface area contributed by atoms with Crippen molar-refractivity contribution in [2.45, 2.75) is 42.9 Å². The highest BCUT2D eigenvalue weighted by molar-refractivity contribution is 6.07. The van der Waals surface area contributed by atoms with Gasteiger partial charge in [-0.15, -0.1) is 0 Å². The highest BCUT2D eigenvalue weighted by Gasteiger charge is 2.61. The summed E-state index contributed by atoms with van der Waals surface area (Å²) in [6.45, 7) is 0. The maximum absolute atomic E-state index is 6.84. The van der Waals surface area contributed by atoms with E-state index in [1.807, 2.05) is 0 Å². The van der Waals surface area contributed by atoms with E-state index in [-0.39, 0.29) is 10.8 Å². The topological polar surface area (TPSA) is 9.23 Å². The summed E-state index contributed by atoms with van der Waals surface area (Å²) in [5.74, 6) is 5.30. The average Bonchev–Trinajstić information content (AvgIpc) is 3.67. The van der Waals surface area contributed by atoms with Gasteiger partial charge in [0.2, 0.25) is 0 Å². The van der Waals surface area contributed by atoms with Crippen LogP contribution in [0.25, 0.3) is 44.2 Å². The molecule has 7 aromatic carbocycles. The van der Waals surface area contributed by atoms with Gasteiger partial charge in [-0.25, -0.2) is 0 Å². The minimum Gasteiger partial charge on any atom is -0.457 e. The molecule has 1 nitrogen and oxygen atoms in total. The number of para-hydroxylation sites is 1. The average molecular weight is 667 g/mol. The van der Waals surface area contributed by atoms with Gasteiger partial charge in [-0.3, -0.25) is 0 Å². The number of rotatable bonds is 1. The summed E-state index contributed by atoms with van der Waals surface area (Å²) in [5.41, 5.74) is 16.2. The van der Waals surface area contributed by atoms with Crippen molar-refractivity contribution in [3.05, 3.63) is 179 Å². The Bertz CT molecular complexity index is 2670. The quantitative estimate of drug-likeness (QED) is 0.169. The van der Waals surface area contributed by atoms with Crippen molar-refractivity contribution in [3.63, 3.8) is 0 Å². The molecule has 248 valence electrons. The number of benzene rings is 7. The van der Waals surface area contributed by atoms with Gasteiger partial charge in [-0.1, -0.05) is 127 Å². The fraction of sp³-hybridized carbons (Fsp3) is 0.216. The fourth-order valence-electron chi connectivity index (χ4n) is 13.3. The molecule has 7 aliphatic rings. The van der Waals surface area contributed by atoms with Gasteiger partial charge in [0.25, 0.3) is 0 Å². The second-order valence-corrected chi connectivity index (χ2v) is 16.8. The van der Waals surface area contributed by atoms with Crippen LogP contribution in [0.1, 0.15) is 65.5 Å². The van der Waals surface area contributed by atoms with Crippen molar-refractivity contribution in [3.8, 4) is 44.9 Å². The molecular weight excluding hydrogens is 629 g/mol. The van der Waals surface area contributed by atoms with Crippen LogP contribution in [0.4, 0.5) is 0 Å². The molecule has 2 spiro atoms. The maximum atomic E-state index is 6.84. The van der Waals surface area contributed by atoms with Crippen molar-refractivity contribution < 1.29 is 4.74 Å². The normalized spacial score (nSPS) is 27.5. The third-order valence-corrected chi connectivity index (χ3v) is 14.7. The van der Waals surface area contributed by atoms with Gasteiger partial charge in [0, 0.05) is 16.5 Å². The molecule has 0 N–H and O–H groups in total. The van der Waals surface area contributed by atoms with Gasteiger partial charge in [-0.05, 0) is 140 Å². The summed E-state index contributed by atoms with van der Waals surface area (Å²) in [6.07, 6.45) is 6.88. The summed E-state index contributed by atoms with van der Waals surface area (Å²) < 4.78 is 6.84. The minimum atomic E-state index is -0.378. The Labute approximate surface area is 304 Å². The molecule has 14 rings (SSSR count). The van der Waals surface area contributed by atoms with E-state index in [4.69, 9.17) is 4.74 Å². The number of fused-ring (bicyclic) bond motifs is 14. The highest BCUT2D eigenvalue weighted by atomic mass is 16.5. The Morgan fingerprint density at radius 3 is 1.81 bits per heavy atom. The maximum Gasteiger partial charge on any atom is 0.131 e.